The van der Waals surface area contributed by atoms with Crippen LogP contribution in [0.15, 0.2) is 35.5 Å². The summed E-state index contributed by atoms with van der Waals surface area (Å²) in [6, 6.07) is 8.70. The second-order valence-electron chi connectivity index (χ2n) is 3.81. The van der Waals surface area contributed by atoms with E-state index in [9.17, 15) is 4.39 Å². The van der Waals surface area contributed by atoms with Crippen LogP contribution in [0.2, 0.25) is 0 Å². The van der Waals surface area contributed by atoms with Crippen molar-refractivity contribution in [3.05, 3.63) is 53.1 Å². The summed E-state index contributed by atoms with van der Waals surface area (Å²) in [6.45, 7) is 3.86. The predicted molar refractivity (Wildman–Crippen MR) is 67.5 cm³/mol. The number of halogens is 1. The normalized spacial score (nSPS) is 10.5. The van der Waals surface area contributed by atoms with Crippen LogP contribution in [0.25, 0.3) is 0 Å². The van der Waals surface area contributed by atoms with Crippen LogP contribution in [0.4, 0.5) is 4.39 Å². The Hall–Kier alpha value is -1.42. The van der Waals surface area contributed by atoms with Crippen molar-refractivity contribution in [3.63, 3.8) is 0 Å². The molecule has 17 heavy (non-hydrogen) atoms. The van der Waals surface area contributed by atoms with Crippen molar-refractivity contribution < 1.29 is 4.39 Å². The Morgan fingerprint density at radius 3 is 2.41 bits per heavy atom. The largest absolute Gasteiger partial charge is 0.228 e. The second-order valence-corrected chi connectivity index (χ2v) is 4.76. The highest BCUT2D eigenvalue weighted by molar-refractivity contribution is 7.98. The molecule has 0 fully saturated rings. The molecule has 0 aliphatic heterocycles. The molecular weight excluding hydrogens is 235 g/mol. The Labute approximate surface area is 104 Å². The molecule has 0 unspecified atom stereocenters. The standard InChI is InChI=1S/C13H13FN2S/c1-9-7-10(2)16-13(15-9)17-8-11-5-3-4-6-12(11)14/h3-7H,8H2,1-2H3. The lowest BCUT2D eigenvalue weighted by molar-refractivity contribution is 0.617. The van der Waals surface area contributed by atoms with Crippen LogP contribution in [-0.2, 0) is 5.75 Å². The zero-order valence-corrected chi connectivity index (χ0v) is 10.6. The number of benzene rings is 1. The first-order valence-corrected chi connectivity index (χ1v) is 6.32. The molecule has 0 bridgehead atoms. The monoisotopic (exact) mass is 248 g/mol. The van der Waals surface area contributed by atoms with Crippen LogP contribution in [0, 0.1) is 19.7 Å². The van der Waals surface area contributed by atoms with Crippen molar-refractivity contribution in [2.75, 3.05) is 0 Å². The van der Waals surface area contributed by atoms with Gasteiger partial charge in [0.1, 0.15) is 5.82 Å². The first kappa shape index (κ1) is 12.0. The first-order chi connectivity index (χ1) is 8.15. The average Bonchev–Trinajstić information content (AvgIpc) is 2.27. The van der Waals surface area contributed by atoms with Gasteiger partial charge in [-0.3, -0.25) is 0 Å². The van der Waals surface area contributed by atoms with Gasteiger partial charge >= 0.3 is 0 Å². The van der Waals surface area contributed by atoms with Crippen molar-refractivity contribution >= 4 is 11.8 Å². The topological polar surface area (TPSA) is 25.8 Å². The Kier molecular flexibility index (Phi) is 3.74. The highest BCUT2D eigenvalue weighted by Gasteiger charge is 2.04. The van der Waals surface area contributed by atoms with Gasteiger partial charge in [0.05, 0.1) is 0 Å². The van der Waals surface area contributed by atoms with Gasteiger partial charge in [0.15, 0.2) is 5.16 Å². The number of aromatic nitrogens is 2. The lowest BCUT2D eigenvalue weighted by Gasteiger charge is -2.04. The van der Waals surface area contributed by atoms with Crippen molar-refractivity contribution in [2.45, 2.75) is 24.8 Å². The van der Waals surface area contributed by atoms with Gasteiger partial charge in [-0.2, -0.15) is 0 Å². The molecule has 88 valence electrons. The SMILES string of the molecule is Cc1cc(C)nc(SCc2ccccc2F)n1. The summed E-state index contributed by atoms with van der Waals surface area (Å²) in [4.78, 5) is 8.62. The number of rotatable bonds is 3. The molecule has 2 nitrogen and oxygen atoms in total. The molecule has 1 aromatic carbocycles. The van der Waals surface area contributed by atoms with Crippen LogP contribution < -0.4 is 0 Å². The number of aryl methyl sites for hydroxylation is 2. The molecule has 2 rings (SSSR count). The summed E-state index contributed by atoms with van der Waals surface area (Å²) < 4.78 is 13.4. The predicted octanol–water partition coefficient (Wildman–Crippen LogP) is 3.52. The molecule has 4 heteroatoms. The quantitative estimate of drug-likeness (QED) is 0.614. The smallest absolute Gasteiger partial charge is 0.188 e. The Morgan fingerprint density at radius 1 is 1.12 bits per heavy atom. The fraction of sp³-hybridized carbons (Fsp3) is 0.231. The lowest BCUT2D eigenvalue weighted by Crippen LogP contribution is -1.94. The first-order valence-electron chi connectivity index (χ1n) is 5.33. The second kappa shape index (κ2) is 5.27. The van der Waals surface area contributed by atoms with E-state index in [1.165, 1.54) is 17.8 Å². The maximum atomic E-state index is 13.4. The van der Waals surface area contributed by atoms with Crippen LogP contribution >= 0.6 is 11.8 Å². The fourth-order valence-electron chi connectivity index (χ4n) is 1.52. The van der Waals surface area contributed by atoms with Gasteiger partial charge in [-0.15, -0.1) is 0 Å². The van der Waals surface area contributed by atoms with E-state index in [1.54, 1.807) is 12.1 Å². The van der Waals surface area contributed by atoms with E-state index in [2.05, 4.69) is 9.97 Å². The van der Waals surface area contributed by atoms with Crippen LogP contribution in [0.1, 0.15) is 17.0 Å². The summed E-state index contributed by atoms with van der Waals surface area (Å²) in [7, 11) is 0. The maximum absolute atomic E-state index is 13.4. The van der Waals surface area contributed by atoms with Gasteiger partial charge in [-0.25, -0.2) is 14.4 Å². The van der Waals surface area contributed by atoms with Crippen LogP contribution in [-0.4, -0.2) is 9.97 Å². The summed E-state index contributed by atoms with van der Waals surface area (Å²) >= 11 is 1.45. The van der Waals surface area contributed by atoms with Gasteiger partial charge in [0.2, 0.25) is 0 Å². The van der Waals surface area contributed by atoms with Crippen molar-refractivity contribution in [2.24, 2.45) is 0 Å². The number of hydrogen-bond acceptors (Lipinski definition) is 3. The van der Waals surface area contributed by atoms with E-state index in [1.807, 2.05) is 26.0 Å². The van der Waals surface area contributed by atoms with Gasteiger partial charge in [-0.05, 0) is 31.5 Å². The van der Waals surface area contributed by atoms with E-state index >= 15 is 0 Å². The minimum atomic E-state index is -0.177. The fourth-order valence-corrected chi connectivity index (χ4v) is 2.45. The highest BCUT2D eigenvalue weighted by Crippen LogP contribution is 2.21. The van der Waals surface area contributed by atoms with Gasteiger partial charge < -0.3 is 0 Å². The molecule has 0 amide bonds. The summed E-state index contributed by atoms with van der Waals surface area (Å²) in [6.07, 6.45) is 0. The van der Waals surface area contributed by atoms with Gasteiger partial charge in [0, 0.05) is 17.1 Å². The van der Waals surface area contributed by atoms with E-state index in [0.29, 0.717) is 16.5 Å². The molecule has 2 aromatic rings. The lowest BCUT2D eigenvalue weighted by atomic mass is 10.2. The molecule has 0 radical (unpaired) electrons. The van der Waals surface area contributed by atoms with E-state index < -0.39 is 0 Å². The molecule has 1 heterocycles. The zero-order valence-electron chi connectivity index (χ0n) is 9.77. The zero-order chi connectivity index (χ0) is 12.3. The van der Waals surface area contributed by atoms with Crippen LogP contribution in [0.5, 0.6) is 0 Å². The molecule has 0 aliphatic rings. The van der Waals surface area contributed by atoms with Gasteiger partial charge in [-0.1, -0.05) is 30.0 Å². The maximum Gasteiger partial charge on any atom is 0.188 e. The number of thioether (sulfide) groups is 1. The number of nitrogens with zero attached hydrogens (tertiary/aromatic N) is 2. The molecule has 0 saturated heterocycles. The Balaban J connectivity index is 2.10. The third-order valence-corrected chi connectivity index (χ3v) is 3.17. The summed E-state index contributed by atoms with van der Waals surface area (Å²) in [5, 5.41) is 0.700. The van der Waals surface area contributed by atoms with Crippen molar-refractivity contribution in [3.8, 4) is 0 Å². The Morgan fingerprint density at radius 2 is 1.76 bits per heavy atom. The molecule has 0 spiro atoms. The third kappa shape index (κ3) is 3.27. The Bertz CT molecular complexity index is 508. The summed E-state index contributed by atoms with van der Waals surface area (Å²) in [5.74, 6) is 0.375. The average molecular weight is 248 g/mol. The minimum absolute atomic E-state index is 0.177. The molecule has 1 aromatic heterocycles. The third-order valence-electron chi connectivity index (χ3n) is 2.28. The molecular formula is C13H13FN2S. The highest BCUT2D eigenvalue weighted by atomic mass is 32.2. The van der Waals surface area contributed by atoms with Crippen molar-refractivity contribution in [1.82, 2.24) is 9.97 Å². The van der Waals surface area contributed by atoms with E-state index in [0.717, 1.165) is 11.4 Å². The van der Waals surface area contributed by atoms with E-state index in [4.69, 9.17) is 0 Å². The summed E-state index contributed by atoms with van der Waals surface area (Å²) in [5.41, 5.74) is 2.56. The van der Waals surface area contributed by atoms with Crippen LogP contribution in [0.3, 0.4) is 0 Å². The van der Waals surface area contributed by atoms with Crippen molar-refractivity contribution in [1.29, 1.82) is 0 Å². The molecule has 0 N–H and O–H groups in total. The number of hydrogen-bond donors (Lipinski definition) is 0. The molecule has 0 atom stereocenters. The van der Waals surface area contributed by atoms with E-state index in [-0.39, 0.29) is 5.82 Å². The minimum Gasteiger partial charge on any atom is -0.228 e. The van der Waals surface area contributed by atoms with Gasteiger partial charge in [0.25, 0.3) is 0 Å². The molecule has 0 saturated carbocycles. The molecule has 0 aliphatic carbocycles.